The molecule has 7 nitrogen and oxygen atoms in total. The van der Waals surface area contributed by atoms with E-state index in [0.717, 1.165) is 0 Å². The summed E-state index contributed by atoms with van der Waals surface area (Å²) in [6.45, 7) is 0. The molecule has 0 bridgehead atoms. The fourth-order valence-corrected chi connectivity index (χ4v) is 0. The number of rotatable bonds is 0. The van der Waals surface area contributed by atoms with E-state index in [2.05, 4.69) is 0 Å². The van der Waals surface area contributed by atoms with Crippen LogP contribution in [0.15, 0.2) is 0 Å². The van der Waals surface area contributed by atoms with Crippen molar-refractivity contribution in [1.82, 2.24) is 0 Å². The Bertz CT molecular complexity index is 16.6. The van der Waals surface area contributed by atoms with Gasteiger partial charge < -0.3 is 38.3 Å². The Morgan fingerprint density at radius 3 is 0.333 bits per heavy atom. The third-order valence-electron chi connectivity index (χ3n) is 0. The van der Waals surface area contributed by atoms with Crippen molar-refractivity contribution in [3.05, 3.63) is 0 Å². The minimum Gasteiger partial charge on any atom is -0.870 e. The van der Waals surface area contributed by atoms with Gasteiger partial charge in [-0.3, -0.25) is 0 Å². The zero-order valence-corrected chi connectivity index (χ0v) is 15.6. The molecule has 12 heavy (non-hydrogen) atoms. The predicted octanol–water partition coefficient (Wildman–Crippen LogP) is -10.5. The SMILES string of the molecule is O.O.O.O.O.[Na+].[Na+].[OH-].[OH-].[Ti].[Ti].[Ti]. The topological polar surface area (TPSA) is 218 Å². The molecule has 0 aliphatic carbocycles. The normalized spacial score (nSPS) is 0. The molecule has 0 atom stereocenters. The summed E-state index contributed by atoms with van der Waals surface area (Å²) in [4.78, 5) is 0. The van der Waals surface area contributed by atoms with Crippen LogP contribution in [-0.4, -0.2) is 38.3 Å². The van der Waals surface area contributed by atoms with Crippen molar-refractivity contribution in [3.63, 3.8) is 0 Å². The van der Waals surface area contributed by atoms with Gasteiger partial charge in [0.25, 0.3) is 0 Å². The van der Waals surface area contributed by atoms with Crippen molar-refractivity contribution in [2.24, 2.45) is 0 Å². The summed E-state index contributed by atoms with van der Waals surface area (Å²) in [7, 11) is 0. The van der Waals surface area contributed by atoms with Gasteiger partial charge in [-0.25, -0.2) is 0 Å². The van der Waals surface area contributed by atoms with E-state index in [1.54, 1.807) is 0 Å². The predicted molar refractivity (Wildman–Crippen MR) is 21.9 cm³/mol. The Kier molecular flexibility index (Phi) is 3750. The van der Waals surface area contributed by atoms with Crippen LogP contribution in [0.3, 0.4) is 0 Å². The molecule has 0 amide bonds. The van der Waals surface area contributed by atoms with Crippen LogP contribution in [0.4, 0.5) is 0 Å². The van der Waals surface area contributed by atoms with Crippen LogP contribution in [0.2, 0.25) is 0 Å². The van der Waals surface area contributed by atoms with Crippen molar-refractivity contribution >= 4 is 0 Å². The summed E-state index contributed by atoms with van der Waals surface area (Å²) in [6.07, 6.45) is 0. The Morgan fingerprint density at radius 1 is 0.333 bits per heavy atom. The second-order valence-corrected chi connectivity index (χ2v) is 0. The third-order valence-corrected chi connectivity index (χ3v) is 0. The summed E-state index contributed by atoms with van der Waals surface area (Å²) < 4.78 is 0. The van der Waals surface area contributed by atoms with Gasteiger partial charge in [0.1, 0.15) is 0 Å². The largest absolute Gasteiger partial charge is 1.00 e. The summed E-state index contributed by atoms with van der Waals surface area (Å²) in [5, 5.41) is 0. The van der Waals surface area contributed by atoms with E-state index >= 15 is 0 Å². The van der Waals surface area contributed by atoms with Crippen LogP contribution < -0.4 is 59.1 Å². The van der Waals surface area contributed by atoms with Gasteiger partial charge in [-0.2, -0.15) is 0 Å². The van der Waals surface area contributed by atoms with Gasteiger partial charge in [0.2, 0.25) is 0 Å². The summed E-state index contributed by atoms with van der Waals surface area (Å²) in [5.41, 5.74) is 0. The standard InChI is InChI=1S/2Na.7H2O.3Ti/h;;7*1H2;;;/q2*+1;;;;;;;;;;/p-2. The number of hydrogen-bond acceptors (Lipinski definition) is 2. The Balaban J connectivity index is 0. The van der Waals surface area contributed by atoms with Gasteiger partial charge in [0.05, 0.1) is 0 Å². The molecule has 0 aromatic heterocycles. The molecule has 12 N–H and O–H groups in total. The van der Waals surface area contributed by atoms with E-state index in [1.807, 2.05) is 0 Å². The average molecular weight is 314 g/mol. The average Bonchev–Trinajstić information content (AvgIpc) is 0. The maximum atomic E-state index is 0. The second-order valence-electron chi connectivity index (χ2n) is 0. The zero-order chi connectivity index (χ0) is 0. The molecule has 0 fully saturated rings. The molecular formula is H12Na2O7Ti3. The molecule has 12 heteroatoms. The summed E-state index contributed by atoms with van der Waals surface area (Å²) in [6, 6.07) is 0. The molecule has 0 rings (SSSR count). The molecular weight excluding hydrogens is 302 g/mol. The first kappa shape index (κ1) is 235. The van der Waals surface area contributed by atoms with E-state index in [9.17, 15) is 0 Å². The van der Waals surface area contributed by atoms with Crippen LogP contribution in [0.5, 0.6) is 0 Å². The summed E-state index contributed by atoms with van der Waals surface area (Å²) >= 11 is 0. The quantitative estimate of drug-likeness (QED) is 0.397. The molecule has 0 aromatic rings. The van der Waals surface area contributed by atoms with E-state index in [0.29, 0.717) is 0 Å². The van der Waals surface area contributed by atoms with E-state index in [4.69, 9.17) is 0 Å². The number of hydrogen-bond donors (Lipinski definition) is 0. The van der Waals surface area contributed by atoms with Crippen molar-refractivity contribution in [2.75, 3.05) is 0 Å². The van der Waals surface area contributed by atoms with Crippen molar-refractivity contribution in [3.8, 4) is 0 Å². The molecule has 0 unspecified atom stereocenters. The first-order valence-corrected chi connectivity index (χ1v) is 0. The fraction of sp³-hybridized carbons (Fsp3) is 0. The molecule has 0 radical (unpaired) electrons. The smallest absolute Gasteiger partial charge is 0.870 e. The van der Waals surface area contributed by atoms with E-state index in [-0.39, 0.29) is 163 Å². The van der Waals surface area contributed by atoms with E-state index in [1.165, 1.54) is 0 Å². The first-order valence-electron chi connectivity index (χ1n) is 0. The monoisotopic (exact) mass is 314 g/mol. The van der Waals surface area contributed by atoms with Crippen LogP contribution in [0.1, 0.15) is 0 Å². The summed E-state index contributed by atoms with van der Waals surface area (Å²) in [5.74, 6) is 0. The van der Waals surface area contributed by atoms with Crippen molar-refractivity contribution in [1.29, 1.82) is 0 Å². The molecule has 0 aliphatic rings. The van der Waals surface area contributed by atoms with Crippen LogP contribution >= 0.6 is 0 Å². The van der Waals surface area contributed by atoms with Crippen LogP contribution in [-0.2, 0) is 65.2 Å². The van der Waals surface area contributed by atoms with Gasteiger partial charge in [-0.15, -0.1) is 0 Å². The van der Waals surface area contributed by atoms with Gasteiger partial charge in [0.15, 0.2) is 0 Å². The van der Waals surface area contributed by atoms with Crippen LogP contribution in [0, 0.1) is 0 Å². The maximum absolute atomic E-state index is 0. The second kappa shape index (κ2) is 191. The Labute approximate surface area is 160 Å². The van der Waals surface area contributed by atoms with Gasteiger partial charge in [-0.05, 0) is 0 Å². The third kappa shape index (κ3) is 154. The van der Waals surface area contributed by atoms with Gasteiger partial charge in [0, 0.05) is 65.2 Å². The van der Waals surface area contributed by atoms with Crippen LogP contribution in [0.25, 0.3) is 0 Å². The minimum atomic E-state index is 0. The molecule has 0 heterocycles. The molecule has 0 spiro atoms. The molecule has 68 valence electrons. The van der Waals surface area contributed by atoms with Crippen molar-refractivity contribution < 1.29 is 163 Å². The van der Waals surface area contributed by atoms with Crippen molar-refractivity contribution in [2.45, 2.75) is 0 Å². The first-order chi connectivity index (χ1) is 0. The fourth-order valence-electron chi connectivity index (χ4n) is 0. The zero-order valence-electron chi connectivity index (χ0n) is 6.89. The Hall–Kier alpha value is 3.86. The van der Waals surface area contributed by atoms with Gasteiger partial charge in [-0.1, -0.05) is 0 Å². The van der Waals surface area contributed by atoms with Gasteiger partial charge >= 0.3 is 59.1 Å². The Morgan fingerprint density at radius 2 is 0.333 bits per heavy atom. The maximum Gasteiger partial charge on any atom is 1.00 e. The molecule has 0 aliphatic heterocycles. The minimum absolute atomic E-state index is 0. The molecule has 0 saturated heterocycles. The van der Waals surface area contributed by atoms with E-state index < -0.39 is 0 Å². The molecule has 0 saturated carbocycles. The molecule has 0 aromatic carbocycles.